The molecule has 22 heavy (non-hydrogen) atoms. The van der Waals surface area contributed by atoms with E-state index < -0.39 is 40.2 Å². The molecule has 0 heterocycles. The van der Waals surface area contributed by atoms with Gasteiger partial charge < -0.3 is 14.9 Å². The summed E-state index contributed by atoms with van der Waals surface area (Å²) in [6.07, 6.45) is 0. The minimum Gasteiger partial charge on any atom is -0.490 e. The van der Waals surface area contributed by atoms with Crippen molar-refractivity contribution in [2.45, 2.75) is 6.92 Å². The molecule has 1 rings (SSSR count). The largest absolute Gasteiger partial charge is 0.490 e. The summed E-state index contributed by atoms with van der Waals surface area (Å²) in [4.78, 5) is 44.2. The number of aliphatic carboxylic acids is 2. The molecule has 0 radical (unpaired) electrons. The lowest BCUT2D eigenvalue weighted by Crippen LogP contribution is -2.34. The topological polar surface area (TPSA) is 144 Å². The maximum atomic E-state index is 12.2. The number of nitro groups is 1. The second-order valence-electron chi connectivity index (χ2n) is 4.45. The Morgan fingerprint density at radius 2 is 1.77 bits per heavy atom. The number of carboxylic acids is 2. The number of nitrogens with zero attached hydrogens (tertiary/aromatic N) is 1. The monoisotopic (exact) mass is 311 g/mol. The van der Waals surface area contributed by atoms with E-state index in [1.54, 1.807) is 0 Å². The lowest BCUT2D eigenvalue weighted by molar-refractivity contribution is -0.385. The number of methoxy groups -OCH3 is 1. The smallest absolute Gasteiger partial charge is 0.318 e. The predicted molar refractivity (Wildman–Crippen MR) is 71.9 cm³/mol. The lowest BCUT2D eigenvalue weighted by atomic mass is 9.87. The Hall–Kier alpha value is -2.97. The number of carbonyl (C=O) groups is 3. The van der Waals surface area contributed by atoms with Crippen molar-refractivity contribution in [1.82, 2.24) is 0 Å². The number of ether oxygens (including phenoxy) is 1. The number of hydrogen-bond acceptors (Lipinski definition) is 6. The van der Waals surface area contributed by atoms with Crippen LogP contribution in [0.3, 0.4) is 0 Å². The van der Waals surface area contributed by atoms with E-state index in [1.807, 2.05) is 0 Å². The van der Waals surface area contributed by atoms with Crippen molar-refractivity contribution in [3.05, 3.63) is 33.9 Å². The Labute approximate surface area is 124 Å². The first-order valence-electron chi connectivity index (χ1n) is 6.03. The molecule has 9 heteroatoms. The zero-order chi connectivity index (χ0) is 17.0. The average Bonchev–Trinajstić information content (AvgIpc) is 2.44. The average molecular weight is 311 g/mol. The van der Waals surface area contributed by atoms with Crippen LogP contribution in [-0.2, 0) is 9.59 Å². The van der Waals surface area contributed by atoms with Gasteiger partial charge in [0.15, 0.2) is 17.5 Å². The Kier molecular flexibility index (Phi) is 5.17. The minimum atomic E-state index is -1.94. The number of benzene rings is 1. The van der Waals surface area contributed by atoms with Gasteiger partial charge in [-0.15, -0.1) is 0 Å². The molecule has 0 aliphatic heterocycles. The first-order chi connectivity index (χ1) is 10.2. The summed E-state index contributed by atoms with van der Waals surface area (Å²) >= 11 is 0. The molecule has 0 fully saturated rings. The van der Waals surface area contributed by atoms with E-state index in [-0.39, 0.29) is 11.3 Å². The van der Waals surface area contributed by atoms with Crippen molar-refractivity contribution in [3.63, 3.8) is 0 Å². The van der Waals surface area contributed by atoms with Crippen LogP contribution in [0.15, 0.2) is 18.2 Å². The van der Waals surface area contributed by atoms with Gasteiger partial charge in [-0.2, -0.15) is 0 Å². The second-order valence-corrected chi connectivity index (χ2v) is 4.45. The molecule has 0 aliphatic rings. The van der Waals surface area contributed by atoms with Gasteiger partial charge in [0.1, 0.15) is 0 Å². The van der Waals surface area contributed by atoms with E-state index >= 15 is 0 Å². The third-order valence-electron chi connectivity index (χ3n) is 3.11. The van der Waals surface area contributed by atoms with Gasteiger partial charge in [0, 0.05) is 17.5 Å². The van der Waals surface area contributed by atoms with E-state index in [1.165, 1.54) is 19.2 Å². The maximum absolute atomic E-state index is 12.2. The SMILES string of the molecule is COc1ccc(C(=O)C(C)C(C(=O)O)C(=O)O)cc1[N+](=O)[O-]. The molecule has 0 spiro atoms. The highest BCUT2D eigenvalue weighted by Crippen LogP contribution is 2.29. The molecule has 0 bridgehead atoms. The number of ketones is 1. The van der Waals surface area contributed by atoms with E-state index in [4.69, 9.17) is 14.9 Å². The van der Waals surface area contributed by atoms with Crippen LogP contribution in [0.5, 0.6) is 5.75 Å². The fourth-order valence-electron chi connectivity index (χ4n) is 1.93. The van der Waals surface area contributed by atoms with E-state index in [9.17, 15) is 24.5 Å². The van der Waals surface area contributed by atoms with Crippen molar-refractivity contribution in [1.29, 1.82) is 0 Å². The summed E-state index contributed by atoms with van der Waals surface area (Å²) < 4.78 is 4.78. The molecule has 0 aliphatic carbocycles. The van der Waals surface area contributed by atoms with E-state index in [0.717, 1.165) is 13.0 Å². The van der Waals surface area contributed by atoms with Crippen molar-refractivity contribution >= 4 is 23.4 Å². The molecule has 1 atom stereocenters. The first-order valence-corrected chi connectivity index (χ1v) is 6.03. The van der Waals surface area contributed by atoms with Gasteiger partial charge in [0.05, 0.1) is 12.0 Å². The first kappa shape index (κ1) is 17.1. The molecule has 0 saturated carbocycles. The number of nitro benzene ring substituents is 1. The summed E-state index contributed by atoms with van der Waals surface area (Å²) in [5.74, 6) is -7.52. The van der Waals surface area contributed by atoms with Crippen LogP contribution in [0.25, 0.3) is 0 Å². The highest BCUT2D eigenvalue weighted by atomic mass is 16.6. The van der Waals surface area contributed by atoms with E-state index in [2.05, 4.69) is 0 Å². The number of carbonyl (C=O) groups excluding carboxylic acids is 1. The highest BCUT2D eigenvalue weighted by Gasteiger charge is 2.37. The van der Waals surface area contributed by atoms with Crippen molar-refractivity contribution in [2.75, 3.05) is 7.11 Å². The van der Waals surface area contributed by atoms with Crippen LogP contribution in [0.4, 0.5) is 5.69 Å². The fourth-order valence-corrected chi connectivity index (χ4v) is 1.93. The third-order valence-corrected chi connectivity index (χ3v) is 3.11. The molecule has 1 unspecified atom stereocenters. The quantitative estimate of drug-likeness (QED) is 0.331. The molecule has 2 N–H and O–H groups in total. The molecule has 0 amide bonds. The van der Waals surface area contributed by atoms with Crippen molar-refractivity contribution < 1.29 is 34.3 Å². The van der Waals surface area contributed by atoms with E-state index in [0.29, 0.717) is 0 Å². The third kappa shape index (κ3) is 3.37. The molecule has 0 aromatic heterocycles. The Morgan fingerprint density at radius 1 is 1.23 bits per heavy atom. The van der Waals surface area contributed by atoms with Gasteiger partial charge in [0.2, 0.25) is 0 Å². The Morgan fingerprint density at radius 3 is 2.18 bits per heavy atom. The summed E-state index contributed by atoms with van der Waals surface area (Å²) in [5.41, 5.74) is -0.629. The maximum Gasteiger partial charge on any atom is 0.318 e. The van der Waals surface area contributed by atoms with Crippen LogP contribution in [0.1, 0.15) is 17.3 Å². The van der Waals surface area contributed by atoms with Crippen LogP contribution in [-0.4, -0.2) is 40.0 Å². The second kappa shape index (κ2) is 6.66. The molecule has 118 valence electrons. The van der Waals surface area contributed by atoms with Crippen LogP contribution in [0, 0.1) is 22.0 Å². The predicted octanol–water partition coefficient (Wildman–Crippen LogP) is 1.21. The number of rotatable bonds is 7. The fraction of sp³-hybridized carbons (Fsp3) is 0.308. The molecule has 0 saturated heterocycles. The summed E-state index contributed by atoms with van der Waals surface area (Å²) in [6.45, 7) is 1.14. The number of hydrogen-bond donors (Lipinski definition) is 2. The molecular weight excluding hydrogens is 298 g/mol. The minimum absolute atomic E-state index is 0.0674. The summed E-state index contributed by atoms with van der Waals surface area (Å²) in [6, 6.07) is 3.33. The van der Waals surface area contributed by atoms with Crippen LogP contribution in [0.2, 0.25) is 0 Å². The van der Waals surface area contributed by atoms with Gasteiger partial charge in [-0.25, -0.2) is 0 Å². The van der Waals surface area contributed by atoms with Gasteiger partial charge in [0.25, 0.3) is 0 Å². The molecular formula is C13H13NO8. The molecule has 1 aromatic rings. The van der Waals surface area contributed by atoms with Crippen LogP contribution >= 0.6 is 0 Å². The van der Waals surface area contributed by atoms with Gasteiger partial charge in [-0.05, 0) is 12.1 Å². The van der Waals surface area contributed by atoms with Gasteiger partial charge in [-0.3, -0.25) is 24.5 Å². The van der Waals surface area contributed by atoms with Gasteiger partial charge in [-0.1, -0.05) is 6.92 Å². The zero-order valence-corrected chi connectivity index (χ0v) is 11.7. The Balaban J connectivity index is 3.22. The lowest BCUT2D eigenvalue weighted by Gasteiger charge is -2.15. The number of Topliss-reactive ketones (excluding diaryl/α,β-unsaturated/α-hetero) is 1. The van der Waals surface area contributed by atoms with Crippen molar-refractivity contribution in [2.24, 2.45) is 11.8 Å². The standard InChI is InChI=1S/C13H13NO8/c1-6(10(12(16)17)13(18)19)11(15)7-3-4-9(22-2)8(5-7)14(20)21/h3-6,10H,1-2H3,(H,16,17)(H,18,19). The highest BCUT2D eigenvalue weighted by molar-refractivity contribution is 6.05. The van der Waals surface area contributed by atoms with Crippen molar-refractivity contribution in [3.8, 4) is 5.75 Å². The summed E-state index contributed by atoms with van der Waals surface area (Å²) in [7, 11) is 1.22. The number of carboxylic acid groups (broad SMARTS) is 2. The Bertz CT molecular complexity index is 625. The molecule has 9 nitrogen and oxygen atoms in total. The summed E-state index contributed by atoms with van der Waals surface area (Å²) in [5, 5.41) is 28.6. The zero-order valence-electron chi connectivity index (χ0n) is 11.7. The molecule has 1 aromatic carbocycles. The van der Waals surface area contributed by atoms with Crippen LogP contribution < -0.4 is 4.74 Å². The normalized spacial score (nSPS) is 11.8. The van der Waals surface area contributed by atoms with Gasteiger partial charge >= 0.3 is 17.6 Å².